The maximum atomic E-state index is 13.0. The summed E-state index contributed by atoms with van der Waals surface area (Å²) in [6, 6.07) is 7.59. The summed E-state index contributed by atoms with van der Waals surface area (Å²) in [6.07, 6.45) is 5.67. The third-order valence-corrected chi connectivity index (χ3v) is 4.54. The molecule has 1 aromatic carbocycles. The molecule has 2 aromatic heterocycles. The lowest BCUT2D eigenvalue weighted by atomic mass is 9.97. The Hall–Kier alpha value is -2.82. The van der Waals surface area contributed by atoms with Crippen molar-refractivity contribution in [1.82, 2.24) is 14.8 Å². The van der Waals surface area contributed by atoms with Gasteiger partial charge in [0.05, 0.1) is 11.3 Å². The molecule has 0 spiro atoms. The lowest BCUT2D eigenvalue weighted by Gasteiger charge is -2.13. The molecule has 1 aliphatic carbocycles. The molecular weight excluding hydrogens is 288 g/mol. The first-order valence-electron chi connectivity index (χ1n) is 7.84. The molecule has 0 radical (unpaired) electrons. The standard InChI is InChI=1S/C18H18N4O/c1-2-11-10-14-12(7-5-8-15(14)20-11)18(23)22-16-9-4-3-6-13(16)17(19)21-22/h2,5,7-8,10,20H,1,3-4,6,9H2,(H2,19,21). The zero-order valence-electron chi connectivity index (χ0n) is 12.8. The number of nitrogens with one attached hydrogen (secondary N) is 1. The van der Waals surface area contributed by atoms with E-state index in [1.165, 1.54) is 4.68 Å². The summed E-state index contributed by atoms with van der Waals surface area (Å²) in [5.74, 6) is 0.362. The van der Waals surface area contributed by atoms with E-state index in [-0.39, 0.29) is 5.91 Å². The Kier molecular flexibility index (Phi) is 3.08. The van der Waals surface area contributed by atoms with Gasteiger partial charge in [-0.3, -0.25) is 4.79 Å². The molecule has 3 aromatic rings. The van der Waals surface area contributed by atoms with Crippen molar-refractivity contribution in [2.75, 3.05) is 5.73 Å². The number of aromatic amines is 1. The monoisotopic (exact) mass is 306 g/mol. The molecule has 23 heavy (non-hydrogen) atoms. The van der Waals surface area contributed by atoms with E-state index in [4.69, 9.17) is 5.73 Å². The minimum atomic E-state index is -0.125. The third kappa shape index (κ3) is 2.08. The van der Waals surface area contributed by atoms with Crippen molar-refractivity contribution in [2.24, 2.45) is 0 Å². The van der Waals surface area contributed by atoms with E-state index in [0.717, 1.165) is 53.5 Å². The molecule has 5 heteroatoms. The smallest absolute Gasteiger partial charge is 0.279 e. The van der Waals surface area contributed by atoms with Crippen LogP contribution in [-0.4, -0.2) is 20.7 Å². The van der Waals surface area contributed by atoms with Gasteiger partial charge in [-0.2, -0.15) is 4.68 Å². The van der Waals surface area contributed by atoms with Gasteiger partial charge in [-0.1, -0.05) is 12.6 Å². The number of carbonyl (C=O) groups is 1. The van der Waals surface area contributed by atoms with Gasteiger partial charge in [0.2, 0.25) is 0 Å². The van der Waals surface area contributed by atoms with Crippen LogP contribution < -0.4 is 5.73 Å². The van der Waals surface area contributed by atoms with Gasteiger partial charge < -0.3 is 10.7 Å². The first kappa shape index (κ1) is 13.8. The molecule has 4 rings (SSSR count). The second-order valence-corrected chi connectivity index (χ2v) is 5.93. The summed E-state index contributed by atoms with van der Waals surface area (Å²) in [7, 11) is 0. The van der Waals surface area contributed by atoms with Gasteiger partial charge >= 0.3 is 0 Å². The van der Waals surface area contributed by atoms with Crippen molar-refractivity contribution in [1.29, 1.82) is 0 Å². The topological polar surface area (TPSA) is 76.7 Å². The summed E-state index contributed by atoms with van der Waals surface area (Å²) < 4.78 is 1.50. The van der Waals surface area contributed by atoms with Crippen LogP contribution in [0.15, 0.2) is 30.8 Å². The largest absolute Gasteiger partial charge is 0.382 e. The van der Waals surface area contributed by atoms with Gasteiger partial charge in [0.1, 0.15) is 5.82 Å². The Balaban J connectivity index is 1.87. The molecule has 1 aliphatic rings. The van der Waals surface area contributed by atoms with Gasteiger partial charge in [0, 0.05) is 22.2 Å². The van der Waals surface area contributed by atoms with Crippen LogP contribution in [0.2, 0.25) is 0 Å². The van der Waals surface area contributed by atoms with Crippen LogP contribution in [0.1, 0.15) is 40.2 Å². The van der Waals surface area contributed by atoms with Gasteiger partial charge in [-0.25, -0.2) is 0 Å². The van der Waals surface area contributed by atoms with E-state index < -0.39 is 0 Å². The van der Waals surface area contributed by atoms with Crippen LogP contribution in [0.3, 0.4) is 0 Å². The van der Waals surface area contributed by atoms with Crippen molar-refractivity contribution < 1.29 is 4.79 Å². The number of nitrogen functional groups attached to an aromatic ring is 1. The number of hydrogen-bond acceptors (Lipinski definition) is 3. The number of carbonyl (C=O) groups excluding carboxylic acids is 1. The number of hydrogen-bond donors (Lipinski definition) is 2. The molecule has 0 bridgehead atoms. The van der Waals surface area contributed by atoms with Crippen molar-refractivity contribution >= 4 is 28.7 Å². The van der Waals surface area contributed by atoms with Crippen LogP contribution in [0, 0.1) is 0 Å². The third-order valence-electron chi connectivity index (χ3n) is 4.54. The van der Waals surface area contributed by atoms with E-state index >= 15 is 0 Å². The van der Waals surface area contributed by atoms with E-state index in [0.29, 0.717) is 11.4 Å². The fourth-order valence-corrected chi connectivity index (χ4v) is 3.38. The predicted octanol–water partition coefficient (Wildman–Crippen LogP) is 3.16. The van der Waals surface area contributed by atoms with Gasteiger partial charge in [-0.05, 0) is 50.0 Å². The molecule has 116 valence electrons. The average molecular weight is 306 g/mol. The van der Waals surface area contributed by atoms with E-state index in [9.17, 15) is 4.79 Å². The number of benzene rings is 1. The summed E-state index contributed by atoms with van der Waals surface area (Å²) in [5, 5.41) is 5.20. The van der Waals surface area contributed by atoms with Crippen LogP contribution in [0.5, 0.6) is 0 Å². The molecule has 0 amide bonds. The highest BCUT2D eigenvalue weighted by molar-refractivity contribution is 6.08. The quantitative estimate of drug-likeness (QED) is 0.763. The molecule has 0 fully saturated rings. The molecule has 0 atom stereocenters. The second-order valence-electron chi connectivity index (χ2n) is 5.93. The Bertz CT molecular complexity index is 932. The highest BCUT2D eigenvalue weighted by Gasteiger charge is 2.24. The molecule has 0 unspecified atom stereocenters. The highest BCUT2D eigenvalue weighted by Crippen LogP contribution is 2.28. The van der Waals surface area contributed by atoms with Gasteiger partial charge in [0.15, 0.2) is 0 Å². The fraction of sp³-hybridized carbons (Fsp3) is 0.222. The highest BCUT2D eigenvalue weighted by atomic mass is 16.2. The lowest BCUT2D eigenvalue weighted by molar-refractivity contribution is 0.0943. The van der Waals surface area contributed by atoms with Crippen molar-refractivity contribution in [2.45, 2.75) is 25.7 Å². The Morgan fingerprint density at radius 3 is 3.00 bits per heavy atom. The molecule has 0 saturated carbocycles. The normalized spacial score (nSPS) is 13.9. The number of anilines is 1. The lowest BCUT2D eigenvalue weighted by Crippen LogP contribution is -2.18. The van der Waals surface area contributed by atoms with Crippen molar-refractivity contribution in [3.05, 3.63) is 53.4 Å². The van der Waals surface area contributed by atoms with E-state index in [1.54, 1.807) is 6.08 Å². The van der Waals surface area contributed by atoms with E-state index in [2.05, 4.69) is 16.7 Å². The molecular formula is C18H18N4O. The maximum Gasteiger partial charge on any atom is 0.279 e. The average Bonchev–Trinajstić information content (AvgIpc) is 3.15. The summed E-state index contributed by atoms with van der Waals surface area (Å²) in [4.78, 5) is 16.3. The molecule has 0 aliphatic heterocycles. The number of rotatable bonds is 2. The molecule has 3 N–H and O–H groups in total. The predicted molar refractivity (Wildman–Crippen MR) is 91.4 cm³/mol. The van der Waals surface area contributed by atoms with Crippen molar-refractivity contribution in [3.8, 4) is 0 Å². The van der Waals surface area contributed by atoms with Gasteiger partial charge in [0.25, 0.3) is 5.91 Å². The minimum absolute atomic E-state index is 0.125. The number of nitrogens with two attached hydrogens (primary N) is 1. The molecule has 2 heterocycles. The van der Waals surface area contributed by atoms with Crippen LogP contribution in [0.4, 0.5) is 5.82 Å². The van der Waals surface area contributed by atoms with Crippen LogP contribution in [-0.2, 0) is 12.8 Å². The van der Waals surface area contributed by atoms with Crippen LogP contribution in [0.25, 0.3) is 17.0 Å². The number of H-pyrrole nitrogens is 1. The Morgan fingerprint density at radius 2 is 2.17 bits per heavy atom. The Labute approximate surface area is 133 Å². The molecule has 5 nitrogen and oxygen atoms in total. The van der Waals surface area contributed by atoms with Gasteiger partial charge in [-0.15, -0.1) is 5.10 Å². The zero-order valence-corrected chi connectivity index (χ0v) is 12.8. The van der Waals surface area contributed by atoms with Crippen molar-refractivity contribution in [3.63, 3.8) is 0 Å². The summed E-state index contributed by atoms with van der Waals surface area (Å²) >= 11 is 0. The number of nitrogens with zero attached hydrogens (tertiary/aromatic N) is 2. The second kappa shape index (κ2) is 5.12. The van der Waals surface area contributed by atoms with E-state index in [1.807, 2.05) is 24.3 Å². The summed E-state index contributed by atoms with van der Waals surface area (Å²) in [5.41, 5.74) is 10.5. The SMILES string of the molecule is C=Cc1cc2c(C(=O)n3nc(N)c4c3CCCC4)cccc2[nH]1. The zero-order chi connectivity index (χ0) is 16.0. The first-order chi connectivity index (χ1) is 11.2. The van der Waals surface area contributed by atoms with Crippen LogP contribution >= 0.6 is 0 Å². The minimum Gasteiger partial charge on any atom is -0.382 e. The fourth-order valence-electron chi connectivity index (χ4n) is 3.38. The maximum absolute atomic E-state index is 13.0. The number of fused-ring (bicyclic) bond motifs is 2. The Morgan fingerprint density at radius 1 is 1.35 bits per heavy atom. The summed E-state index contributed by atoms with van der Waals surface area (Å²) in [6.45, 7) is 3.77. The first-order valence-corrected chi connectivity index (χ1v) is 7.84. The number of aromatic nitrogens is 3. The molecule has 0 saturated heterocycles.